The van der Waals surface area contributed by atoms with E-state index in [9.17, 15) is 19.2 Å². The van der Waals surface area contributed by atoms with Crippen LogP contribution < -0.4 is 15.4 Å². The molecule has 1 saturated heterocycles. The number of urea groups is 1. The van der Waals surface area contributed by atoms with Crippen molar-refractivity contribution in [1.29, 1.82) is 0 Å². The van der Waals surface area contributed by atoms with E-state index in [0.29, 0.717) is 17.0 Å². The molecule has 0 radical (unpaired) electrons. The topological polar surface area (TPSA) is 119 Å². The number of amides is 4. The van der Waals surface area contributed by atoms with E-state index in [1.807, 2.05) is 37.5 Å². The summed E-state index contributed by atoms with van der Waals surface area (Å²) in [6.45, 7) is 5.26. The second-order valence-corrected chi connectivity index (χ2v) is 8.78. The molecule has 0 bridgehead atoms. The van der Waals surface area contributed by atoms with E-state index >= 15 is 0 Å². The van der Waals surface area contributed by atoms with E-state index in [1.54, 1.807) is 42.5 Å². The fourth-order valence-electron chi connectivity index (χ4n) is 4.41. The van der Waals surface area contributed by atoms with Crippen molar-refractivity contribution in [2.45, 2.75) is 20.8 Å². The summed E-state index contributed by atoms with van der Waals surface area (Å²) in [4.78, 5) is 50.9. The number of aryl methyl sites for hydroxylation is 2. The highest BCUT2D eigenvalue weighted by molar-refractivity contribution is 6.16. The van der Waals surface area contributed by atoms with Crippen molar-refractivity contribution in [3.8, 4) is 11.4 Å². The summed E-state index contributed by atoms with van der Waals surface area (Å²) >= 11 is 0. The molecule has 2 heterocycles. The second-order valence-electron chi connectivity index (χ2n) is 8.78. The van der Waals surface area contributed by atoms with Crippen LogP contribution in [0.25, 0.3) is 11.8 Å². The van der Waals surface area contributed by atoms with Gasteiger partial charge in [-0.15, -0.1) is 0 Å². The minimum atomic E-state index is -0.681. The molecule has 0 saturated carbocycles. The van der Waals surface area contributed by atoms with E-state index in [2.05, 4.69) is 10.6 Å². The molecule has 2 aromatic carbocycles. The van der Waals surface area contributed by atoms with Crippen LogP contribution in [-0.2, 0) is 14.3 Å². The Hall–Kier alpha value is -4.86. The maximum Gasteiger partial charge on any atom is 0.337 e. The fraction of sp³-hybridized carbons (Fsp3) is 0.214. The number of ether oxygens (including phenoxy) is 2. The molecule has 1 aromatic heterocycles. The van der Waals surface area contributed by atoms with E-state index in [0.717, 1.165) is 33.1 Å². The molecule has 1 fully saturated rings. The number of esters is 1. The van der Waals surface area contributed by atoms with Crippen molar-refractivity contribution in [2.24, 2.45) is 0 Å². The van der Waals surface area contributed by atoms with Gasteiger partial charge in [-0.25, -0.2) is 14.5 Å². The quantitative estimate of drug-likeness (QED) is 0.281. The van der Waals surface area contributed by atoms with Gasteiger partial charge in [0.25, 0.3) is 5.91 Å². The van der Waals surface area contributed by atoms with Gasteiger partial charge in [0, 0.05) is 17.1 Å². The Bertz CT molecular complexity index is 1490. The van der Waals surface area contributed by atoms with Crippen molar-refractivity contribution >= 4 is 35.6 Å². The first-order valence-corrected chi connectivity index (χ1v) is 11.8. The number of anilines is 1. The lowest BCUT2D eigenvalue weighted by atomic mass is 10.1. The van der Waals surface area contributed by atoms with Crippen LogP contribution in [0, 0.1) is 20.8 Å². The van der Waals surface area contributed by atoms with Gasteiger partial charge in [-0.05, 0) is 74.4 Å². The first-order chi connectivity index (χ1) is 18.1. The van der Waals surface area contributed by atoms with E-state index in [1.165, 1.54) is 14.2 Å². The molecular weight excluding hydrogens is 488 g/mol. The van der Waals surface area contributed by atoms with E-state index in [4.69, 9.17) is 9.47 Å². The lowest BCUT2D eigenvalue weighted by Crippen LogP contribution is -2.38. The smallest absolute Gasteiger partial charge is 0.337 e. The van der Waals surface area contributed by atoms with Gasteiger partial charge in [-0.1, -0.05) is 12.1 Å². The third-order valence-corrected chi connectivity index (χ3v) is 6.27. The Morgan fingerprint density at radius 3 is 2.45 bits per heavy atom. The minimum absolute atomic E-state index is 0.0677. The summed E-state index contributed by atoms with van der Waals surface area (Å²) in [6.07, 6.45) is 1.59. The van der Waals surface area contributed by atoms with Gasteiger partial charge in [0.2, 0.25) is 5.91 Å². The van der Waals surface area contributed by atoms with Gasteiger partial charge in [0.1, 0.15) is 18.0 Å². The van der Waals surface area contributed by atoms with E-state index < -0.39 is 30.4 Å². The highest BCUT2D eigenvalue weighted by atomic mass is 16.5. The zero-order valence-electron chi connectivity index (χ0n) is 21.7. The lowest BCUT2D eigenvalue weighted by molar-refractivity contribution is -0.127. The Kier molecular flexibility index (Phi) is 7.33. The molecule has 2 N–H and O–H groups in total. The monoisotopic (exact) mass is 516 g/mol. The standard InChI is InChI=1S/C28H28N4O6/c1-16-12-19(27(35)38-5)10-11-23(16)32-17(2)13-20(18(32)3)14-22-26(34)31(28(36)30-22)15-25(33)29-21-8-6-7-9-24(21)37-4/h6-14H,15H2,1-5H3,(H,29,33)(H,30,36)/b22-14+. The Balaban J connectivity index is 1.55. The predicted molar refractivity (Wildman–Crippen MR) is 141 cm³/mol. The maximum atomic E-state index is 13.0. The number of rotatable bonds is 7. The van der Waals surface area contributed by atoms with Crippen molar-refractivity contribution in [3.63, 3.8) is 0 Å². The molecule has 1 aliphatic heterocycles. The number of carbonyl (C=O) groups excluding carboxylic acids is 4. The molecule has 0 unspecified atom stereocenters. The molecule has 4 rings (SSSR count). The summed E-state index contributed by atoms with van der Waals surface area (Å²) in [5.74, 6) is -1.09. The molecule has 0 spiro atoms. The number of nitrogens with one attached hydrogen (secondary N) is 2. The number of benzene rings is 2. The average Bonchev–Trinajstić information content (AvgIpc) is 3.32. The zero-order valence-corrected chi connectivity index (χ0v) is 21.7. The number of nitrogens with zero attached hydrogens (tertiary/aromatic N) is 2. The Morgan fingerprint density at radius 1 is 1.03 bits per heavy atom. The fourth-order valence-corrected chi connectivity index (χ4v) is 4.41. The van der Waals surface area contributed by atoms with Crippen LogP contribution >= 0.6 is 0 Å². The molecule has 10 heteroatoms. The van der Waals surface area contributed by atoms with Crippen LogP contribution in [0.3, 0.4) is 0 Å². The van der Waals surface area contributed by atoms with Gasteiger partial charge in [-0.2, -0.15) is 0 Å². The van der Waals surface area contributed by atoms with Crippen molar-refractivity contribution in [3.05, 3.63) is 82.3 Å². The number of imide groups is 1. The van der Waals surface area contributed by atoms with Gasteiger partial charge >= 0.3 is 12.0 Å². The number of carbonyl (C=O) groups is 4. The molecule has 4 amide bonds. The third-order valence-electron chi connectivity index (χ3n) is 6.27. The first kappa shape index (κ1) is 26.2. The summed E-state index contributed by atoms with van der Waals surface area (Å²) in [5.41, 5.74) is 5.14. The van der Waals surface area contributed by atoms with Gasteiger partial charge in [0.05, 0.1) is 25.5 Å². The van der Waals surface area contributed by atoms with Crippen molar-refractivity contribution in [2.75, 3.05) is 26.1 Å². The van der Waals surface area contributed by atoms with Gasteiger partial charge in [0.15, 0.2) is 0 Å². The van der Waals surface area contributed by atoms with Gasteiger partial charge < -0.3 is 24.7 Å². The number of hydrogen-bond donors (Lipinski definition) is 2. The van der Waals surface area contributed by atoms with Crippen LogP contribution in [0.5, 0.6) is 5.75 Å². The largest absolute Gasteiger partial charge is 0.495 e. The average molecular weight is 517 g/mol. The SMILES string of the molecule is COC(=O)c1ccc(-n2c(C)cc(/C=C3/NC(=O)N(CC(=O)Nc4ccccc4OC)C3=O)c2C)c(C)c1. The molecule has 196 valence electrons. The van der Waals surface area contributed by atoms with Crippen LogP contribution in [0.15, 0.2) is 54.2 Å². The summed E-state index contributed by atoms with van der Waals surface area (Å²) in [7, 11) is 2.82. The first-order valence-electron chi connectivity index (χ1n) is 11.8. The van der Waals surface area contributed by atoms with Gasteiger partial charge in [-0.3, -0.25) is 9.59 Å². The van der Waals surface area contributed by atoms with Crippen molar-refractivity contribution < 1.29 is 28.7 Å². The molecule has 0 atom stereocenters. The Labute approximate surface area is 219 Å². The minimum Gasteiger partial charge on any atom is -0.495 e. The molecule has 3 aromatic rings. The lowest BCUT2D eigenvalue weighted by Gasteiger charge is -2.14. The molecule has 38 heavy (non-hydrogen) atoms. The molecule has 1 aliphatic rings. The second kappa shape index (κ2) is 10.6. The predicted octanol–water partition coefficient (Wildman–Crippen LogP) is 3.73. The summed E-state index contributed by atoms with van der Waals surface area (Å²) < 4.78 is 12.0. The molecule has 10 nitrogen and oxygen atoms in total. The maximum absolute atomic E-state index is 13.0. The number of para-hydroxylation sites is 2. The van der Waals surface area contributed by atoms with Crippen LogP contribution in [-0.4, -0.2) is 54.0 Å². The highest BCUT2D eigenvalue weighted by Gasteiger charge is 2.35. The van der Waals surface area contributed by atoms with Crippen molar-refractivity contribution in [1.82, 2.24) is 14.8 Å². The number of hydrogen-bond acceptors (Lipinski definition) is 6. The Morgan fingerprint density at radius 2 is 1.76 bits per heavy atom. The van der Waals surface area contributed by atoms with Crippen LogP contribution in [0.2, 0.25) is 0 Å². The zero-order chi connectivity index (χ0) is 27.6. The third kappa shape index (κ3) is 5.01. The number of aromatic nitrogens is 1. The summed E-state index contributed by atoms with van der Waals surface area (Å²) in [6, 6.07) is 13.3. The van der Waals surface area contributed by atoms with Crippen LogP contribution in [0.4, 0.5) is 10.5 Å². The molecular formula is C28H28N4O6. The normalized spacial score (nSPS) is 14.0. The molecule has 0 aliphatic carbocycles. The highest BCUT2D eigenvalue weighted by Crippen LogP contribution is 2.27. The van der Waals surface area contributed by atoms with Crippen LogP contribution in [0.1, 0.15) is 32.9 Å². The number of methoxy groups -OCH3 is 2. The summed E-state index contributed by atoms with van der Waals surface area (Å²) in [5, 5.41) is 5.22. The van der Waals surface area contributed by atoms with E-state index in [-0.39, 0.29) is 5.70 Å².